The fraction of sp³-hybridized carbons (Fsp3) is 0.286. The summed E-state index contributed by atoms with van der Waals surface area (Å²) < 4.78 is 0. The van der Waals surface area contributed by atoms with Crippen molar-refractivity contribution in [2.24, 2.45) is 0 Å². The fourth-order valence-electron chi connectivity index (χ4n) is 1.76. The van der Waals surface area contributed by atoms with E-state index in [4.69, 9.17) is 0 Å². The molecular weight excluding hydrogens is 212 g/mol. The van der Waals surface area contributed by atoms with Gasteiger partial charge in [0.25, 0.3) is 0 Å². The Bertz CT molecular complexity index is 422. The van der Waals surface area contributed by atoms with Crippen molar-refractivity contribution >= 4 is 13.5 Å². The molecule has 0 saturated carbocycles. The molecule has 1 aromatic carbocycles. The fourth-order valence-corrected chi connectivity index (χ4v) is 4.07. The zero-order valence-electron chi connectivity index (χ0n) is 9.96. The third kappa shape index (κ3) is 2.63. The molecule has 0 aliphatic rings. The van der Waals surface area contributed by atoms with Crippen LogP contribution in [0.2, 0.25) is 12.1 Å². The molecule has 0 radical (unpaired) electrons. The molecule has 0 spiro atoms. The highest BCUT2D eigenvalue weighted by atomic mass is 28.4. The van der Waals surface area contributed by atoms with E-state index in [1.54, 1.807) is 6.08 Å². The molecule has 1 aromatic rings. The first kappa shape index (κ1) is 12.8. The summed E-state index contributed by atoms with van der Waals surface area (Å²) in [6, 6.07) is 9.56. The van der Waals surface area contributed by atoms with Gasteiger partial charge in [-0.15, -0.1) is 0 Å². The van der Waals surface area contributed by atoms with Crippen LogP contribution < -0.4 is 5.19 Å². The van der Waals surface area contributed by atoms with Crippen LogP contribution in [0.4, 0.5) is 0 Å². The molecule has 1 rings (SSSR count). The first-order valence-corrected chi connectivity index (χ1v) is 7.98. The summed E-state index contributed by atoms with van der Waals surface area (Å²) in [6.07, 6.45) is 1.58. The largest absolute Gasteiger partial charge is 0.427 e. The number of hydrogen-bond donors (Lipinski definition) is 1. The van der Waals surface area contributed by atoms with E-state index in [9.17, 15) is 4.80 Å². The molecule has 0 atom stereocenters. The predicted octanol–water partition coefficient (Wildman–Crippen LogP) is 2.41. The number of rotatable bonds is 3. The number of allylic oxidation sites excluding steroid dienone is 1. The molecule has 1 nitrogen and oxygen atoms in total. The molecule has 16 heavy (non-hydrogen) atoms. The minimum atomic E-state index is -2.30. The Morgan fingerprint density at radius 3 is 2.50 bits per heavy atom. The molecule has 84 valence electrons. The third-order valence-corrected chi connectivity index (χ3v) is 6.69. The van der Waals surface area contributed by atoms with Crippen molar-refractivity contribution in [3.05, 3.63) is 42.5 Å². The van der Waals surface area contributed by atoms with Gasteiger partial charge in [-0.05, 0) is 29.4 Å². The van der Waals surface area contributed by atoms with Gasteiger partial charge in [-0.1, -0.05) is 50.5 Å². The molecule has 0 aromatic heterocycles. The normalized spacial score (nSPS) is 10.4. The molecule has 1 N–H and O–H groups in total. The highest BCUT2D eigenvalue weighted by Gasteiger charge is 2.30. The quantitative estimate of drug-likeness (QED) is 0.624. The van der Waals surface area contributed by atoms with Gasteiger partial charge in [-0.2, -0.15) is 0 Å². The molecular formula is C14H18OSi. The number of benzene rings is 1. The highest BCUT2D eigenvalue weighted by molar-refractivity contribution is 6.85. The Labute approximate surface area is 99.0 Å². The van der Waals surface area contributed by atoms with Crippen LogP contribution >= 0.6 is 0 Å². The van der Waals surface area contributed by atoms with Crippen LogP contribution in [0.1, 0.15) is 19.4 Å². The van der Waals surface area contributed by atoms with Gasteiger partial charge in [0.05, 0.1) is 0 Å². The van der Waals surface area contributed by atoms with Gasteiger partial charge >= 0.3 is 0 Å². The lowest BCUT2D eigenvalue weighted by Gasteiger charge is -2.23. The van der Waals surface area contributed by atoms with Crippen molar-refractivity contribution in [3.8, 4) is 11.8 Å². The summed E-state index contributed by atoms with van der Waals surface area (Å²) in [5.41, 5.74) is 0.945. The Morgan fingerprint density at radius 2 is 1.94 bits per heavy atom. The van der Waals surface area contributed by atoms with E-state index in [2.05, 4.69) is 18.4 Å². The van der Waals surface area contributed by atoms with Crippen LogP contribution in [-0.4, -0.2) is 13.1 Å². The van der Waals surface area contributed by atoms with Crippen LogP contribution in [0.15, 0.2) is 36.9 Å². The lowest BCUT2D eigenvalue weighted by molar-refractivity contribution is 0.550. The van der Waals surface area contributed by atoms with Crippen LogP contribution in [0.25, 0.3) is 0 Å². The Morgan fingerprint density at radius 1 is 1.31 bits per heavy atom. The van der Waals surface area contributed by atoms with Gasteiger partial charge in [0.2, 0.25) is 8.32 Å². The first-order chi connectivity index (χ1) is 7.68. The highest BCUT2D eigenvalue weighted by Crippen LogP contribution is 2.13. The second-order valence-electron chi connectivity index (χ2n) is 3.76. The van der Waals surface area contributed by atoms with Crippen molar-refractivity contribution in [1.29, 1.82) is 0 Å². The Kier molecular flexibility index (Phi) is 4.54. The second kappa shape index (κ2) is 5.69. The van der Waals surface area contributed by atoms with E-state index in [0.29, 0.717) is 0 Å². The summed E-state index contributed by atoms with van der Waals surface area (Å²) in [5.74, 6) is 5.89. The van der Waals surface area contributed by atoms with E-state index in [0.717, 1.165) is 22.8 Å². The average Bonchev–Trinajstić information content (AvgIpc) is 2.35. The lowest BCUT2D eigenvalue weighted by Crippen LogP contribution is -2.48. The van der Waals surface area contributed by atoms with E-state index < -0.39 is 8.32 Å². The van der Waals surface area contributed by atoms with E-state index >= 15 is 0 Å². The number of hydrogen-bond acceptors (Lipinski definition) is 1. The molecule has 0 amide bonds. The van der Waals surface area contributed by atoms with Crippen molar-refractivity contribution in [3.63, 3.8) is 0 Å². The van der Waals surface area contributed by atoms with Gasteiger partial charge in [0, 0.05) is 5.56 Å². The van der Waals surface area contributed by atoms with Crippen LogP contribution in [0.5, 0.6) is 0 Å². The van der Waals surface area contributed by atoms with Crippen molar-refractivity contribution < 1.29 is 4.80 Å². The summed E-state index contributed by atoms with van der Waals surface area (Å²) in [4.78, 5) is 10.6. The van der Waals surface area contributed by atoms with Gasteiger partial charge in [0.1, 0.15) is 0 Å². The molecule has 0 unspecified atom stereocenters. The van der Waals surface area contributed by atoms with Crippen molar-refractivity contribution in [2.75, 3.05) is 0 Å². The van der Waals surface area contributed by atoms with E-state index in [1.807, 2.05) is 38.1 Å². The minimum absolute atomic E-state index is 0.830. The SMILES string of the molecule is C=CC#Cc1ccccc1[Si](O)(CC)CC. The van der Waals surface area contributed by atoms with Crippen LogP contribution in [0.3, 0.4) is 0 Å². The van der Waals surface area contributed by atoms with Crippen LogP contribution in [0, 0.1) is 11.8 Å². The summed E-state index contributed by atoms with van der Waals surface area (Å²) in [5, 5.41) is 1.05. The van der Waals surface area contributed by atoms with Crippen LogP contribution in [-0.2, 0) is 0 Å². The molecule has 0 bridgehead atoms. The Balaban J connectivity index is 3.27. The van der Waals surface area contributed by atoms with Gasteiger partial charge in [0.15, 0.2) is 0 Å². The van der Waals surface area contributed by atoms with Crippen molar-refractivity contribution in [1.82, 2.24) is 0 Å². The zero-order valence-corrected chi connectivity index (χ0v) is 11.0. The minimum Gasteiger partial charge on any atom is -0.427 e. The monoisotopic (exact) mass is 230 g/mol. The summed E-state index contributed by atoms with van der Waals surface area (Å²) in [6.45, 7) is 7.68. The topological polar surface area (TPSA) is 20.2 Å². The second-order valence-corrected chi connectivity index (χ2v) is 7.77. The molecule has 0 aliphatic heterocycles. The van der Waals surface area contributed by atoms with Crippen molar-refractivity contribution in [2.45, 2.75) is 25.9 Å². The molecule has 0 aliphatic carbocycles. The summed E-state index contributed by atoms with van der Waals surface area (Å²) >= 11 is 0. The van der Waals surface area contributed by atoms with E-state index in [-0.39, 0.29) is 0 Å². The molecule has 2 heteroatoms. The third-order valence-electron chi connectivity index (χ3n) is 2.91. The standard InChI is InChI=1S/C14H18OSi/c1-4-7-10-13-11-8-9-12-14(13)16(15,5-2)6-3/h4,8-9,11-12,15H,1,5-6H2,2-3H3. The van der Waals surface area contributed by atoms with Gasteiger partial charge in [-0.3, -0.25) is 0 Å². The lowest BCUT2D eigenvalue weighted by atomic mass is 10.2. The maximum atomic E-state index is 10.6. The van der Waals surface area contributed by atoms with Gasteiger partial charge in [-0.25, -0.2) is 0 Å². The molecule has 0 saturated heterocycles. The average molecular weight is 230 g/mol. The Hall–Kier alpha value is -1.30. The molecule has 0 fully saturated rings. The maximum Gasteiger partial charge on any atom is 0.220 e. The summed E-state index contributed by atoms with van der Waals surface area (Å²) in [7, 11) is -2.30. The predicted molar refractivity (Wildman–Crippen MR) is 72.1 cm³/mol. The van der Waals surface area contributed by atoms with E-state index in [1.165, 1.54) is 0 Å². The smallest absolute Gasteiger partial charge is 0.220 e. The maximum absolute atomic E-state index is 10.6. The first-order valence-electron chi connectivity index (χ1n) is 5.62. The molecule has 0 heterocycles. The van der Waals surface area contributed by atoms with Gasteiger partial charge < -0.3 is 4.80 Å². The zero-order chi connectivity index (χ0) is 12.0.